The van der Waals surface area contributed by atoms with E-state index in [1.807, 2.05) is 17.5 Å². The van der Waals surface area contributed by atoms with E-state index in [4.69, 9.17) is 0 Å². The summed E-state index contributed by atoms with van der Waals surface area (Å²) in [6, 6.07) is 14.4. The van der Waals surface area contributed by atoms with Crippen LogP contribution in [0.15, 0.2) is 66.0 Å². The molecule has 0 radical (unpaired) electrons. The molecule has 1 saturated heterocycles. The fraction of sp³-hybridized carbons (Fsp3) is 0.167. The fourth-order valence-corrected chi connectivity index (χ4v) is 4.41. The molecule has 1 aromatic heterocycles. The van der Waals surface area contributed by atoms with Crippen LogP contribution in [-0.2, 0) is 20.9 Å². The lowest BCUT2D eigenvalue weighted by atomic mass is 10.1. The van der Waals surface area contributed by atoms with Crippen LogP contribution in [0.4, 0.5) is 15.8 Å². The van der Waals surface area contributed by atoms with E-state index in [1.54, 1.807) is 30.3 Å². The molecular weight excluding hydrogens is 445 g/mol. The maximum Gasteiger partial charge on any atom is 0.257 e. The molecular formula is C24H20FN3O4S. The molecule has 0 bridgehead atoms. The van der Waals surface area contributed by atoms with Crippen molar-refractivity contribution in [1.29, 1.82) is 0 Å². The normalized spacial score (nSPS) is 15.6. The van der Waals surface area contributed by atoms with Gasteiger partial charge < -0.3 is 10.2 Å². The average molecular weight is 466 g/mol. The Morgan fingerprint density at radius 3 is 2.45 bits per heavy atom. The molecule has 33 heavy (non-hydrogen) atoms. The van der Waals surface area contributed by atoms with E-state index in [1.165, 1.54) is 41.4 Å². The second kappa shape index (κ2) is 9.33. The van der Waals surface area contributed by atoms with Gasteiger partial charge in [-0.3, -0.25) is 19.2 Å². The third-order valence-corrected chi connectivity index (χ3v) is 6.08. The topological polar surface area (TPSA) is 86.8 Å². The van der Waals surface area contributed by atoms with Crippen LogP contribution < -0.4 is 10.2 Å². The van der Waals surface area contributed by atoms with Gasteiger partial charge in [-0.1, -0.05) is 18.2 Å². The maximum absolute atomic E-state index is 14.4. The highest BCUT2D eigenvalue weighted by atomic mass is 32.1. The van der Waals surface area contributed by atoms with E-state index in [9.17, 15) is 23.6 Å². The number of hydrogen-bond acceptors (Lipinski definition) is 5. The molecule has 1 atom stereocenters. The monoisotopic (exact) mass is 465 g/mol. The molecule has 7 nitrogen and oxygen atoms in total. The first kappa shape index (κ1) is 22.3. The van der Waals surface area contributed by atoms with E-state index in [-0.39, 0.29) is 24.4 Å². The van der Waals surface area contributed by atoms with E-state index in [2.05, 4.69) is 5.32 Å². The molecule has 1 aliphatic heterocycles. The Morgan fingerprint density at radius 2 is 1.82 bits per heavy atom. The zero-order valence-electron chi connectivity index (χ0n) is 17.7. The molecule has 3 aromatic rings. The number of carbonyl (C=O) groups excluding carboxylic acids is 4. The minimum absolute atomic E-state index is 0.0732. The molecule has 4 rings (SSSR count). The number of nitrogens with zero attached hydrogens (tertiary/aromatic N) is 2. The number of carbonyl (C=O) groups is 4. The Balaban J connectivity index is 1.64. The van der Waals surface area contributed by atoms with Crippen LogP contribution in [0.1, 0.15) is 28.6 Å². The van der Waals surface area contributed by atoms with Crippen molar-refractivity contribution in [2.45, 2.75) is 25.9 Å². The standard InChI is InChI=1S/C24H20FN3O4S/c1-15(29)26-16-8-10-17(11-9-16)28-22(30)13-21(24(28)32)27(14-18-5-4-12-33-18)23(31)19-6-2-3-7-20(19)25/h2-12,21H,13-14H2,1H3,(H,26,29). The van der Waals surface area contributed by atoms with Gasteiger partial charge in [0.25, 0.3) is 11.8 Å². The predicted octanol–water partition coefficient (Wildman–Crippen LogP) is 3.82. The summed E-state index contributed by atoms with van der Waals surface area (Å²) >= 11 is 1.40. The molecule has 0 saturated carbocycles. The van der Waals surface area contributed by atoms with Gasteiger partial charge in [-0.15, -0.1) is 11.3 Å². The molecule has 1 fully saturated rings. The highest BCUT2D eigenvalue weighted by Crippen LogP contribution is 2.29. The lowest BCUT2D eigenvalue weighted by Crippen LogP contribution is -2.45. The summed E-state index contributed by atoms with van der Waals surface area (Å²) in [6.45, 7) is 1.45. The van der Waals surface area contributed by atoms with Gasteiger partial charge in [0, 0.05) is 17.5 Å². The highest BCUT2D eigenvalue weighted by Gasteiger charge is 2.45. The number of rotatable bonds is 6. The summed E-state index contributed by atoms with van der Waals surface area (Å²) in [5.74, 6) is -2.62. The van der Waals surface area contributed by atoms with Gasteiger partial charge in [-0.2, -0.15) is 0 Å². The van der Waals surface area contributed by atoms with Crippen molar-refractivity contribution < 1.29 is 23.6 Å². The lowest BCUT2D eigenvalue weighted by Gasteiger charge is -2.27. The first-order chi connectivity index (χ1) is 15.8. The summed E-state index contributed by atoms with van der Waals surface area (Å²) < 4.78 is 14.4. The van der Waals surface area contributed by atoms with Crippen molar-refractivity contribution in [2.75, 3.05) is 10.2 Å². The van der Waals surface area contributed by atoms with Crippen LogP contribution in [0, 0.1) is 5.82 Å². The van der Waals surface area contributed by atoms with Crippen LogP contribution in [-0.4, -0.2) is 34.6 Å². The number of amides is 4. The number of thiophene rings is 1. The molecule has 4 amide bonds. The number of nitrogens with one attached hydrogen (secondary N) is 1. The second-order valence-electron chi connectivity index (χ2n) is 7.51. The zero-order chi connectivity index (χ0) is 23.5. The van der Waals surface area contributed by atoms with Gasteiger partial charge in [0.2, 0.25) is 11.8 Å². The van der Waals surface area contributed by atoms with Gasteiger partial charge in [-0.25, -0.2) is 9.29 Å². The SMILES string of the molecule is CC(=O)Nc1ccc(N2C(=O)CC(N(Cc3cccs3)C(=O)c3ccccc3F)C2=O)cc1. The number of anilines is 2. The van der Waals surface area contributed by atoms with Gasteiger partial charge in [0.1, 0.15) is 11.9 Å². The van der Waals surface area contributed by atoms with Crippen molar-refractivity contribution in [1.82, 2.24) is 4.90 Å². The summed E-state index contributed by atoms with van der Waals surface area (Å²) in [5, 5.41) is 4.46. The van der Waals surface area contributed by atoms with E-state index in [0.29, 0.717) is 11.4 Å². The van der Waals surface area contributed by atoms with Gasteiger partial charge in [0.15, 0.2) is 0 Å². The van der Waals surface area contributed by atoms with Crippen LogP contribution in [0.5, 0.6) is 0 Å². The Labute approximate surface area is 193 Å². The third-order valence-electron chi connectivity index (χ3n) is 5.22. The summed E-state index contributed by atoms with van der Waals surface area (Å²) in [4.78, 5) is 53.7. The van der Waals surface area contributed by atoms with Crippen LogP contribution in [0.2, 0.25) is 0 Å². The zero-order valence-corrected chi connectivity index (χ0v) is 18.5. The van der Waals surface area contributed by atoms with Gasteiger partial charge in [-0.05, 0) is 47.8 Å². The number of benzene rings is 2. The van der Waals surface area contributed by atoms with Crippen molar-refractivity contribution >= 4 is 46.3 Å². The number of hydrogen-bond donors (Lipinski definition) is 1. The predicted molar refractivity (Wildman–Crippen MR) is 122 cm³/mol. The molecule has 0 spiro atoms. The molecule has 0 aliphatic carbocycles. The van der Waals surface area contributed by atoms with Crippen molar-refractivity contribution in [3.63, 3.8) is 0 Å². The average Bonchev–Trinajstić information content (AvgIpc) is 3.40. The first-order valence-electron chi connectivity index (χ1n) is 10.2. The maximum atomic E-state index is 14.4. The largest absolute Gasteiger partial charge is 0.326 e. The van der Waals surface area contributed by atoms with Crippen LogP contribution in [0.3, 0.4) is 0 Å². The molecule has 168 valence electrons. The Kier molecular flexibility index (Phi) is 6.32. The molecule has 1 unspecified atom stereocenters. The summed E-state index contributed by atoms with van der Waals surface area (Å²) in [7, 11) is 0. The third kappa shape index (κ3) is 4.68. The lowest BCUT2D eigenvalue weighted by molar-refractivity contribution is -0.122. The van der Waals surface area contributed by atoms with Crippen LogP contribution in [0.25, 0.3) is 0 Å². The van der Waals surface area contributed by atoms with Gasteiger partial charge in [0.05, 0.1) is 24.2 Å². The van der Waals surface area contributed by atoms with Crippen molar-refractivity contribution in [2.24, 2.45) is 0 Å². The minimum atomic E-state index is -1.07. The molecule has 2 heterocycles. The fourth-order valence-electron chi connectivity index (χ4n) is 3.71. The minimum Gasteiger partial charge on any atom is -0.326 e. The van der Waals surface area contributed by atoms with Crippen molar-refractivity contribution in [3.8, 4) is 0 Å². The Morgan fingerprint density at radius 1 is 1.09 bits per heavy atom. The van der Waals surface area contributed by atoms with E-state index >= 15 is 0 Å². The summed E-state index contributed by atoms with van der Waals surface area (Å²) in [6.07, 6.45) is -0.210. The molecule has 2 aromatic carbocycles. The Hall–Kier alpha value is -3.85. The second-order valence-corrected chi connectivity index (χ2v) is 8.54. The highest BCUT2D eigenvalue weighted by molar-refractivity contribution is 7.09. The van der Waals surface area contributed by atoms with E-state index < -0.39 is 29.6 Å². The molecule has 1 N–H and O–H groups in total. The molecule has 1 aliphatic rings. The molecule has 9 heteroatoms. The first-order valence-corrected chi connectivity index (χ1v) is 11.1. The summed E-state index contributed by atoms with van der Waals surface area (Å²) in [5.41, 5.74) is 0.694. The van der Waals surface area contributed by atoms with Crippen LogP contribution >= 0.6 is 11.3 Å². The number of halogens is 1. The van der Waals surface area contributed by atoms with Gasteiger partial charge >= 0.3 is 0 Å². The quantitative estimate of drug-likeness (QED) is 0.561. The van der Waals surface area contributed by atoms with E-state index in [0.717, 1.165) is 9.78 Å². The number of imide groups is 1. The Bertz CT molecular complexity index is 1210. The smallest absolute Gasteiger partial charge is 0.257 e. The van der Waals surface area contributed by atoms with Crippen molar-refractivity contribution in [3.05, 3.63) is 82.3 Å².